The first-order valence-electron chi connectivity index (χ1n) is 6.90. The van der Waals surface area contributed by atoms with Crippen molar-refractivity contribution in [2.24, 2.45) is 0 Å². The van der Waals surface area contributed by atoms with Crippen molar-refractivity contribution in [2.75, 3.05) is 0 Å². The normalized spacial score (nSPS) is 34.7. The molecule has 1 aromatic carbocycles. The van der Waals surface area contributed by atoms with Crippen LogP contribution in [0.5, 0.6) is 0 Å². The quantitative estimate of drug-likeness (QED) is 0.485. The summed E-state index contributed by atoms with van der Waals surface area (Å²) in [5, 5.41) is 9.61. The Morgan fingerprint density at radius 3 is 1.73 bits per heavy atom. The molecule has 8 heteroatoms. The van der Waals surface area contributed by atoms with Crippen LogP contribution in [0.3, 0.4) is 0 Å². The second-order valence-corrected chi connectivity index (χ2v) is 7.88. The summed E-state index contributed by atoms with van der Waals surface area (Å²) in [4.78, 5) is 0. The van der Waals surface area contributed by atoms with Gasteiger partial charge in [-0.2, -0.15) is 0 Å². The van der Waals surface area contributed by atoms with E-state index in [1.54, 1.807) is 0 Å². The Morgan fingerprint density at radius 2 is 1.27 bits per heavy atom. The summed E-state index contributed by atoms with van der Waals surface area (Å²) in [6, 6.07) is 0. The highest BCUT2D eigenvalue weighted by Gasteiger charge is 2.50. The lowest BCUT2D eigenvalue weighted by Gasteiger charge is -2.43. The number of hydrogen-bond acceptors (Lipinski definition) is 2. The molecule has 0 amide bonds. The van der Waals surface area contributed by atoms with Crippen LogP contribution in [0, 0.1) is 29.1 Å². The van der Waals surface area contributed by atoms with Crippen molar-refractivity contribution in [3.63, 3.8) is 0 Å². The average molecular weight is 340 g/mol. The largest absolute Gasteiger partial charge is 0.385 e. The van der Waals surface area contributed by atoms with Crippen LogP contribution >= 0.6 is 0 Å². The minimum Gasteiger partial charge on any atom is -0.385 e. The van der Waals surface area contributed by atoms with E-state index in [4.69, 9.17) is 0 Å². The zero-order chi connectivity index (χ0) is 16.2. The fourth-order valence-electron chi connectivity index (χ4n) is 3.50. The summed E-state index contributed by atoms with van der Waals surface area (Å²) in [6.07, 6.45) is 1.23. The van der Waals surface area contributed by atoms with Gasteiger partial charge in [-0.15, -0.1) is 0 Å². The summed E-state index contributed by atoms with van der Waals surface area (Å²) >= 11 is 0. The van der Waals surface area contributed by atoms with Crippen LogP contribution in [-0.2, 0) is 16.4 Å². The number of fused-ring (bicyclic) bond motifs is 2. The summed E-state index contributed by atoms with van der Waals surface area (Å²) in [6.45, 7) is 0. The molecule has 0 radical (unpaired) electrons. The number of aliphatic hydroxyl groups is 1. The van der Waals surface area contributed by atoms with Crippen LogP contribution < -0.4 is 0 Å². The zero-order valence-corrected chi connectivity index (χ0v) is 12.2. The van der Waals surface area contributed by atoms with Gasteiger partial charge < -0.3 is 5.11 Å². The Bertz CT molecular complexity index is 618. The van der Waals surface area contributed by atoms with E-state index in [1.807, 2.05) is 0 Å². The molecule has 2 aliphatic heterocycles. The third kappa shape index (κ3) is 2.19. The number of halogens is 5. The van der Waals surface area contributed by atoms with Crippen LogP contribution in [0.25, 0.3) is 0 Å². The molecule has 2 nitrogen and oxygen atoms in total. The van der Waals surface area contributed by atoms with Gasteiger partial charge in [0.25, 0.3) is 0 Å². The van der Waals surface area contributed by atoms with Crippen molar-refractivity contribution >= 4 is 10.8 Å². The molecular weight excluding hydrogens is 327 g/mol. The maximum absolute atomic E-state index is 13.9. The Balaban J connectivity index is 2.13. The minimum atomic E-state index is -2.25. The molecule has 0 spiro atoms. The SMILES string of the molecule is O=S1C2CCCC1CC(O)(c1c(F)c(F)c(F)c(F)c1F)C2. The van der Waals surface area contributed by atoms with E-state index >= 15 is 0 Å². The lowest BCUT2D eigenvalue weighted by atomic mass is 9.80. The third-order valence-corrected chi connectivity index (χ3v) is 6.63. The molecule has 2 heterocycles. The van der Waals surface area contributed by atoms with Crippen molar-refractivity contribution in [3.05, 3.63) is 34.6 Å². The molecule has 2 unspecified atom stereocenters. The van der Waals surface area contributed by atoms with Crippen LogP contribution in [-0.4, -0.2) is 19.8 Å². The van der Waals surface area contributed by atoms with E-state index in [0.29, 0.717) is 12.8 Å². The van der Waals surface area contributed by atoms with Crippen LogP contribution in [0.1, 0.15) is 37.7 Å². The first kappa shape index (κ1) is 15.9. The maximum atomic E-state index is 13.9. The van der Waals surface area contributed by atoms with Gasteiger partial charge in [-0.05, 0) is 25.7 Å². The molecule has 2 aliphatic rings. The van der Waals surface area contributed by atoms with Crippen molar-refractivity contribution in [1.29, 1.82) is 0 Å². The topological polar surface area (TPSA) is 37.3 Å². The van der Waals surface area contributed by atoms with Crippen molar-refractivity contribution in [2.45, 2.75) is 48.2 Å². The van der Waals surface area contributed by atoms with Crippen LogP contribution in [0.4, 0.5) is 22.0 Å². The smallest absolute Gasteiger partial charge is 0.200 e. The molecule has 0 aliphatic carbocycles. The highest BCUT2D eigenvalue weighted by molar-refractivity contribution is 7.86. The van der Waals surface area contributed by atoms with Crippen molar-refractivity contribution in [1.82, 2.24) is 0 Å². The molecular formula is C14H13F5O2S. The van der Waals surface area contributed by atoms with E-state index in [1.165, 1.54) is 0 Å². The molecule has 0 aromatic heterocycles. The summed E-state index contributed by atoms with van der Waals surface area (Å²) in [5.74, 6) is -10.4. The molecule has 1 aromatic rings. The highest BCUT2D eigenvalue weighted by Crippen LogP contribution is 2.46. The van der Waals surface area contributed by atoms with Gasteiger partial charge in [0.15, 0.2) is 23.3 Å². The van der Waals surface area contributed by atoms with E-state index in [0.717, 1.165) is 6.42 Å². The van der Waals surface area contributed by atoms with Gasteiger partial charge in [0, 0.05) is 21.3 Å². The first-order chi connectivity index (χ1) is 10.3. The Hall–Kier alpha value is -1.02. The van der Waals surface area contributed by atoms with E-state index in [9.17, 15) is 31.3 Å². The lowest BCUT2D eigenvalue weighted by molar-refractivity contribution is -0.00165. The molecule has 22 heavy (non-hydrogen) atoms. The summed E-state index contributed by atoms with van der Waals surface area (Å²) < 4.78 is 79.8. The molecule has 1 N–H and O–H groups in total. The molecule has 2 saturated heterocycles. The summed E-state index contributed by atoms with van der Waals surface area (Å²) in [5.41, 5.74) is -3.38. The Morgan fingerprint density at radius 1 is 0.864 bits per heavy atom. The molecule has 122 valence electrons. The minimum absolute atomic E-state index is 0.269. The zero-order valence-electron chi connectivity index (χ0n) is 11.3. The molecule has 3 rings (SSSR count). The van der Waals surface area contributed by atoms with Gasteiger partial charge in [-0.25, -0.2) is 22.0 Å². The number of hydrogen-bond donors (Lipinski definition) is 1. The predicted octanol–water partition coefficient (Wildman–Crippen LogP) is 3.03. The second-order valence-electron chi connectivity index (χ2n) is 5.89. The van der Waals surface area contributed by atoms with Gasteiger partial charge in [0.1, 0.15) is 0 Å². The second kappa shape index (κ2) is 5.26. The number of benzene rings is 1. The maximum Gasteiger partial charge on any atom is 0.200 e. The van der Waals surface area contributed by atoms with E-state index in [-0.39, 0.29) is 12.8 Å². The Kier molecular flexibility index (Phi) is 3.79. The molecule has 0 saturated carbocycles. The first-order valence-corrected chi connectivity index (χ1v) is 8.17. The fraction of sp³-hybridized carbons (Fsp3) is 0.571. The van der Waals surface area contributed by atoms with Crippen molar-refractivity contribution < 1.29 is 31.3 Å². The standard InChI is InChI=1S/C14H13F5O2S/c15-9-8(10(16)12(18)13(19)11(9)17)14(20)4-6-2-1-3-7(5-14)22(6)21/h6-7,20H,1-5H2. The monoisotopic (exact) mass is 340 g/mol. The van der Waals surface area contributed by atoms with Crippen LogP contribution in [0.15, 0.2) is 0 Å². The summed E-state index contributed by atoms with van der Waals surface area (Å²) in [7, 11) is -1.25. The third-order valence-electron chi connectivity index (χ3n) is 4.52. The van der Waals surface area contributed by atoms with Crippen LogP contribution in [0.2, 0.25) is 0 Å². The molecule has 2 bridgehead atoms. The predicted molar refractivity (Wildman–Crippen MR) is 68.9 cm³/mol. The van der Waals surface area contributed by atoms with Gasteiger partial charge >= 0.3 is 0 Å². The molecule has 2 fully saturated rings. The van der Waals surface area contributed by atoms with Gasteiger partial charge in [-0.1, -0.05) is 6.42 Å². The van der Waals surface area contributed by atoms with Crippen molar-refractivity contribution in [3.8, 4) is 0 Å². The lowest BCUT2D eigenvalue weighted by Crippen LogP contribution is -2.48. The molecule has 2 atom stereocenters. The van der Waals surface area contributed by atoms with Gasteiger partial charge in [0.05, 0.1) is 11.2 Å². The van der Waals surface area contributed by atoms with Gasteiger partial charge in [-0.3, -0.25) is 4.21 Å². The highest BCUT2D eigenvalue weighted by atomic mass is 32.2. The van der Waals surface area contributed by atoms with E-state index < -0.39 is 61.6 Å². The van der Waals surface area contributed by atoms with Gasteiger partial charge in [0.2, 0.25) is 5.82 Å². The Labute approximate surface area is 125 Å². The average Bonchev–Trinajstić information content (AvgIpc) is 2.45. The number of rotatable bonds is 1. The van der Waals surface area contributed by atoms with E-state index in [2.05, 4.69) is 0 Å². The fourth-order valence-corrected chi connectivity index (χ4v) is 5.72.